The lowest BCUT2D eigenvalue weighted by molar-refractivity contribution is -0.111. The molecule has 0 fully saturated rings. The normalized spacial score (nSPS) is 10.8. The number of alkyl halides is 2. The maximum absolute atomic E-state index is 12.4. The van der Waals surface area contributed by atoms with Crippen molar-refractivity contribution in [3.05, 3.63) is 59.7 Å². The molecule has 0 aliphatic rings. The Bertz CT molecular complexity index is 853. The first kappa shape index (κ1) is 19.9. The minimum atomic E-state index is -2.97. The lowest BCUT2D eigenvalue weighted by Crippen LogP contribution is -2.16. The van der Waals surface area contributed by atoms with Crippen LogP contribution in [0.2, 0.25) is 0 Å². The van der Waals surface area contributed by atoms with E-state index in [4.69, 9.17) is 10.5 Å². The van der Waals surface area contributed by atoms with Gasteiger partial charge in [0.2, 0.25) is 5.91 Å². The third-order valence-corrected chi connectivity index (χ3v) is 3.36. The fourth-order valence-corrected chi connectivity index (χ4v) is 2.24. The average molecular weight is 376 g/mol. The SMILES string of the molecule is CCOc1cc(/C=C/C(=O)Nc2ccccc2C(N)=O)ccc1OC(F)F. The van der Waals surface area contributed by atoms with Crippen LogP contribution >= 0.6 is 0 Å². The highest BCUT2D eigenvalue weighted by molar-refractivity contribution is 6.07. The van der Waals surface area contributed by atoms with Crippen molar-refractivity contribution in [2.45, 2.75) is 13.5 Å². The Hall–Kier alpha value is -3.42. The van der Waals surface area contributed by atoms with E-state index < -0.39 is 18.4 Å². The van der Waals surface area contributed by atoms with E-state index in [1.807, 2.05) is 0 Å². The quantitative estimate of drug-likeness (QED) is 0.691. The second kappa shape index (κ2) is 9.33. The maximum Gasteiger partial charge on any atom is 0.387 e. The third kappa shape index (κ3) is 5.81. The van der Waals surface area contributed by atoms with E-state index in [0.717, 1.165) is 0 Å². The van der Waals surface area contributed by atoms with Crippen molar-refractivity contribution in [3.8, 4) is 11.5 Å². The van der Waals surface area contributed by atoms with E-state index in [1.165, 1.54) is 36.4 Å². The van der Waals surface area contributed by atoms with Gasteiger partial charge < -0.3 is 20.5 Å². The fraction of sp³-hybridized carbons (Fsp3) is 0.158. The van der Waals surface area contributed by atoms with Crippen molar-refractivity contribution in [2.24, 2.45) is 5.73 Å². The number of rotatable bonds is 8. The molecule has 0 aliphatic heterocycles. The number of carbonyl (C=O) groups excluding carboxylic acids is 2. The van der Waals surface area contributed by atoms with Crippen LogP contribution in [-0.2, 0) is 4.79 Å². The number of halogens is 2. The topological polar surface area (TPSA) is 90.6 Å². The van der Waals surface area contributed by atoms with Crippen molar-refractivity contribution >= 4 is 23.6 Å². The van der Waals surface area contributed by atoms with Crippen LogP contribution < -0.4 is 20.5 Å². The van der Waals surface area contributed by atoms with Crippen molar-refractivity contribution in [3.63, 3.8) is 0 Å². The molecule has 0 unspecified atom stereocenters. The van der Waals surface area contributed by atoms with Crippen molar-refractivity contribution < 1.29 is 27.8 Å². The molecule has 2 rings (SSSR count). The zero-order valence-corrected chi connectivity index (χ0v) is 14.4. The molecular weight excluding hydrogens is 358 g/mol. The maximum atomic E-state index is 12.4. The number of carbonyl (C=O) groups is 2. The highest BCUT2D eigenvalue weighted by Crippen LogP contribution is 2.30. The summed E-state index contributed by atoms with van der Waals surface area (Å²) in [7, 11) is 0. The Kier molecular flexibility index (Phi) is 6.87. The number of anilines is 1. The summed E-state index contributed by atoms with van der Waals surface area (Å²) in [6.45, 7) is -1.00. The number of hydrogen-bond acceptors (Lipinski definition) is 4. The third-order valence-electron chi connectivity index (χ3n) is 3.36. The summed E-state index contributed by atoms with van der Waals surface area (Å²) < 4.78 is 34.5. The Balaban J connectivity index is 2.14. The Morgan fingerprint density at radius 2 is 1.93 bits per heavy atom. The molecule has 0 aromatic heterocycles. The first-order valence-corrected chi connectivity index (χ1v) is 8.00. The highest BCUT2D eigenvalue weighted by Gasteiger charge is 2.11. The minimum Gasteiger partial charge on any atom is -0.490 e. The molecule has 2 aromatic carbocycles. The van der Waals surface area contributed by atoms with Crippen LogP contribution in [0.3, 0.4) is 0 Å². The van der Waals surface area contributed by atoms with Gasteiger partial charge in [0.1, 0.15) is 0 Å². The Labute approximate surface area is 154 Å². The monoisotopic (exact) mass is 376 g/mol. The van der Waals surface area contributed by atoms with Crippen LogP contribution in [0.5, 0.6) is 11.5 Å². The first-order chi connectivity index (χ1) is 12.9. The van der Waals surface area contributed by atoms with E-state index in [2.05, 4.69) is 10.1 Å². The zero-order valence-electron chi connectivity index (χ0n) is 14.4. The number of nitrogens with one attached hydrogen (secondary N) is 1. The van der Waals surface area contributed by atoms with Crippen molar-refractivity contribution in [1.82, 2.24) is 0 Å². The van der Waals surface area contributed by atoms with E-state index >= 15 is 0 Å². The molecular formula is C19H18F2N2O4. The molecule has 2 amide bonds. The molecule has 0 spiro atoms. The summed E-state index contributed by atoms with van der Waals surface area (Å²) in [4.78, 5) is 23.4. The van der Waals surface area contributed by atoms with Crippen molar-refractivity contribution in [2.75, 3.05) is 11.9 Å². The largest absolute Gasteiger partial charge is 0.490 e. The summed E-state index contributed by atoms with van der Waals surface area (Å²) in [6.07, 6.45) is 2.70. The number of benzene rings is 2. The number of hydrogen-bond donors (Lipinski definition) is 2. The molecule has 0 saturated carbocycles. The van der Waals surface area contributed by atoms with Gasteiger partial charge in [-0.3, -0.25) is 9.59 Å². The van der Waals surface area contributed by atoms with Crippen LogP contribution in [-0.4, -0.2) is 25.0 Å². The van der Waals surface area contributed by atoms with E-state index in [-0.39, 0.29) is 29.4 Å². The minimum absolute atomic E-state index is 0.0937. The molecule has 142 valence electrons. The molecule has 0 bridgehead atoms. The number of para-hydroxylation sites is 1. The first-order valence-electron chi connectivity index (χ1n) is 8.00. The molecule has 8 heteroatoms. The molecule has 0 saturated heterocycles. The van der Waals surface area contributed by atoms with E-state index in [9.17, 15) is 18.4 Å². The van der Waals surface area contributed by atoms with Crippen LogP contribution in [0, 0.1) is 0 Å². The molecule has 0 atom stereocenters. The standard InChI is InChI=1S/C19H18F2N2O4/c1-2-26-16-11-12(7-9-15(16)27-19(20)21)8-10-17(24)23-14-6-4-3-5-13(14)18(22)25/h3-11,19H,2H2,1H3,(H2,22,25)(H,23,24)/b10-8+. The lowest BCUT2D eigenvalue weighted by Gasteiger charge is -2.11. The van der Waals surface area contributed by atoms with Crippen LogP contribution in [0.25, 0.3) is 6.08 Å². The highest BCUT2D eigenvalue weighted by atomic mass is 19.3. The van der Waals surface area contributed by atoms with Gasteiger partial charge in [-0.25, -0.2) is 0 Å². The molecule has 3 N–H and O–H groups in total. The summed E-state index contributed by atoms with van der Waals surface area (Å²) in [5.41, 5.74) is 6.28. The van der Waals surface area contributed by atoms with Gasteiger partial charge >= 0.3 is 6.61 Å². The number of nitrogens with two attached hydrogens (primary N) is 1. The second-order valence-corrected chi connectivity index (χ2v) is 5.25. The average Bonchev–Trinajstić information content (AvgIpc) is 2.62. The predicted octanol–water partition coefficient (Wildman–Crippen LogP) is 3.44. The summed E-state index contributed by atoms with van der Waals surface area (Å²) in [5, 5.41) is 2.56. The lowest BCUT2D eigenvalue weighted by atomic mass is 10.1. The van der Waals surface area contributed by atoms with E-state index in [1.54, 1.807) is 25.1 Å². The van der Waals surface area contributed by atoms with Gasteiger partial charge in [0.15, 0.2) is 11.5 Å². The second-order valence-electron chi connectivity index (χ2n) is 5.25. The molecule has 0 heterocycles. The predicted molar refractivity (Wildman–Crippen MR) is 96.9 cm³/mol. The number of ether oxygens (including phenoxy) is 2. The summed E-state index contributed by atoms with van der Waals surface area (Å²) in [5.74, 6) is -1.11. The molecule has 0 aliphatic carbocycles. The van der Waals surface area contributed by atoms with Gasteiger partial charge in [-0.15, -0.1) is 0 Å². The molecule has 2 aromatic rings. The van der Waals surface area contributed by atoms with Gasteiger partial charge in [-0.1, -0.05) is 18.2 Å². The van der Waals surface area contributed by atoms with Crippen LogP contribution in [0.15, 0.2) is 48.5 Å². The van der Waals surface area contributed by atoms with Gasteiger partial charge in [-0.05, 0) is 42.8 Å². The Morgan fingerprint density at radius 1 is 1.19 bits per heavy atom. The van der Waals surface area contributed by atoms with Gasteiger partial charge in [0.25, 0.3) is 5.91 Å². The molecule has 27 heavy (non-hydrogen) atoms. The fourth-order valence-electron chi connectivity index (χ4n) is 2.24. The smallest absolute Gasteiger partial charge is 0.387 e. The van der Waals surface area contributed by atoms with Crippen molar-refractivity contribution in [1.29, 1.82) is 0 Å². The number of amides is 2. The van der Waals surface area contributed by atoms with E-state index in [0.29, 0.717) is 5.56 Å². The molecule has 6 nitrogen and oxygen atoms in total. The van der Waals surface area contributed by atoms with Crippen LogP contribution in [0.1, 0.15) is 22.8 Å². The zero-order chi connectivity index (χ0) is 19.8. The summed E-state index contributed by atoms with van der Waals surface area (Å²) in [6, 6.07) is 10.6. The van der Waals surface area contributed by atoms with Crippen LogP contribution in [0.4, 0.5) is 14.5 Å². The Morgan fingerprint density at radius 3 is 2.59 bits per heavy atom. The number of primary amides is 1. The van der Waals surface area contributed by atoms with Gasteiger partial charge in [0.05, 0.1) is 17.9 Å². The van der Waals surface area contributed by atoms with Gasteiger partial charge in [0, 0.05) is 6.08 Å². The molecule has 0 radical (unpaired) electrons. The van der Waals surface area contributed by atoms with Gasteiger partial charge in [-0.2, -0.15) is 8.78 Å². The summed E-state index contributed by atoms with van der Waals surface area (Å²) >= 11 is 0.